The van der Waals surface area contributed by atoms with Crippen molar-refractivity contribution in [2.24, 2.45) is 0 Å². The Morgan fingerprint density at radius 1 is 1.33 bits per heavy atom. The number of nitrogens with one attached hydrogen (secondary N) is 1. The van der Waals surface area contributed by atoms with Crippen LogP contribution in [0.15, 0.2) is 29.2 Å². The van der Waals surface area contributed by atoms with Gasteiger partial charge in [0.1, 0.15) is 4.90 Å². The Morgan fingerprint density at radius 3 is 2.39 bits per heavy atom. The summed E-state index contributed by atoms with van der Waals surface area (Å²) in [5.74, 6) is -0.326. The quantitative estimate of drug-likeness (QED) is 0.755. The van der Waals surface area contributed by atoms with E-state index in [2.05, 4.69) is 4.72 Å². The summed E-state index contributed by atoms with van der Waals surface area (Å²) in [5.41, 5.74) is 5.75. The summed E-state index contributed by atoms with van der Waals surface area (Å²) >= 11 is 0. The summed E-state index contributed by atoms with van der Waals surface area (Å²) in [4.78, 5) is 12.9. The van der Waals surface area contributed by atoms with Gasteiger partial charge >= 0.3 is 0 Å². The van der Waals surface area contributed by atoms with Crippen molar-refractivity contribution in [1.82, 2.24) is 9.62 Å². The zero-order valence-corrected chi connectivity index (χ0v) is 11.4. The largest absolute Gasteiger partial charge is 0.398 e. The van der Waals surface area contributed by atoms with E-state index in [9.17, 15) is 13.2 Å². The smallest absolute Gasteiger partial charge is 0.243 e. The van der Waals surface area contributed by atoms with E-state index in [1.807, 2.05) is 0 Å². The lowest BCUT2D eigenvalue weighted by molar-refractivity contribution is -0.130. The molecular formula is C11H17N3O3S. The van der Waals surface area contributed by atoms with Crippen LogP contribution in [0, 0.1) is 0 Å². The van der Waals surface area contributed by atoms with Crippen molar-refractivity contribution in [2.45, 2.75) is 17.9 Å². The molecule has 0 aromatic heterocycles. The number of likely N-dealkylation sites (N-methyl/N-ethyl adjacent to an activating group) is 1. The molecule has 0 saturated heterocycles. The highest BCUT2D eigenvalue weighted by molar-refractivity contribution is 7.89. The van der Waals surface area contributed by atoms with Crippen LogP contribution in [-0.2, 0) is 14.8 Å². The molecular weight excluding hydrogens is 254 g/mol. The van der Waals surface area contributed by atoms with Gasteiger partial charge < -0.3 is 10.6 Å². The Kier molecular flexibility index (Phi) is 4.31. The third kappa shape index (κ3) is 3.21. The van der Waals surface area contributed by atoms with Crippen molar-refractivity contribution in [2.75, 3.05) is 19.8 Å². The van der Waals surface area contributed by atoms with Crippen LogP contribution in [0.3, 0.4) is 0 Å². The highest BCUT2D eigenvalue weighted by atomic mass is 32.2. The third-order valence-electron chi connectivity index (χ3n) is 2.35. The predicted octanol–water partition coefficient (Wildman–Crippen LogP) is 0.0238. The number of carbonyl (C=O) groups excluding carboxylic acids is 1. The second-order valence-electron chi connectivity index (χ2n) is 4.11. The molecule has 1 unspecified atom stereocenters. The fourth-order valence-electron chi connectivity index (χ4n) is 1.46. The van der Waals surface area contributed by atoms with Crippen molar-refractivity contribution in [3.8, 4) is 0 Å². The van der Waals surface area contributed by atoms with E-state index in [-0.39, 0.29) is 16.5 Å². The molecule has 0 aliphatic rings. The molecule has 6 nitrogen and oxygen atoms in total. The van der Waals surface area contributed by atoms with Crippen molar-refractivity contribution < 1.29 is 13.2 Å². The van der Waals surface area contributed by atoms with Crippen LogP contribution < -0.4 is 10.5 Å². The van der Waals surface area contributed by atoms with Crippen molar-refractivity contribution >= 4 is 21.6 Å². The first-order valence-electron chi connectivity index (χ1n) is 5.33. The van der Waals surface area contributed by atoms with Gasteiger partial charge in [0, 0.05) is 14.1 Å². The van der Waals surface area contributed by atoms with E-state index in [1.165, 1.54) is 24.0 Å². The molecule has 0 radical (unpaired) electrons. The lowest BCUT2D eigenvalue weighted by Crippen LogP contribution is -2.44. The molecule has 3 N–H and O–H groups in total. The molecule has 0 saturated carbocycles. The maximum atomic E-state index is 12.0. The Labute approximate surface area is 107 Å². The Hall–Kier alpha value is -1.60. The molecule has 1 rings (SSSR count). The first-order valence-corrected chi connectivity index (χ1v) is 6.82. The lowest BCUT2D eigenvalue weighted by atomic mass is 10.3. The van der Waals surface area contributed by atoms with Crippen LogP contribution in [0.25, 0.3) is 0 Å². The molecule has 100 valence electrons. The van der Waals surface area contributed by atoms with Gasteiger partial charge in [-0.15, -0.1) is 0 Å². The van der Waals surface area contributed by atoms with Crippen LogP contribution >= 0.6 is 0 Å². The van der Waals surface area contributed by atoms with Gasteiger partial charge in [0.05, 0.1) is 11.7 Å². The summed E-state index contributed by atoms with van der Waals surface area (Å²) in [6.45, 7) is 1.49. The van der Waals surface area contributed by atoms with E-state index in [1.54, 1.807) is 26.2 Å². The molecule has 0 aliphatic carbocycles. The summed E-state index contributed by atoms with van der Waals surface area (Å²) in [6, 6.07) is 5.26. The Bertz CT molecular complexity index is 540. The van der Waals surface area contributed by atoms with E-state index < -0.39 is 16.1 Å². The molecule has 18 heavy (non-hydrogen) atoms. The second-order valence-corrected chi connectivity index (χ2v) is 5.80. The van der Waals surface area contributed by atoms with Gasteiger partial charge in [-0.05, 0) is 19.1 Å². The zero-order valence-electron chi connectivity index (χ0n) is 10.5. The molecule has 1 atom stereocenters. The molecule has 0 fully saturated rings. The second kappa shape index (κ2) is 5.36. The number of nitrogen functional groups attached to an aromatic ring is 1. The number of hydrogen-bond acceptors (Lipinski definition) is 4. The normalized spacial score (nSPS) is 13.1. The van der Waals surface area contributed by atoms with Gasteiger partial charge in [-0.1, -0.05) is 12.1 Å². The van der Waals surface area contributed by atoms with Crippen LogP contribution in [0.1, 0.15) is 6.92 Å². The highest BCUT2D eigenvalue weighted by Gasteiger charge is 2.24. The monoisotopic (exact) mass is 271 g/mol. The maximum Gasteiger partial charge on any atom is 0.243 e. The first-order chi connectivity index (χ1) is 8.25. The Balaban J connectivity index is 2.97. The molecule has 0 bridgehead atoms. The minimum atomic E-state index is -3.79. The molecule has 0 aliphatic heterocycles. The summed E-state index contributed by atoms with van der Waals surface area (Å²) in [5, 5.41) is 0. The van der Waals surface area contributed by atoms with E-state index in [0.717, 1.165) is 0 Å². The number of nitrogens with two attached hydrogens (primary N) is 1. The van der Waals surface area contributed by atoms with Crippen LogP contribution in [0.5, 0.6) is 0 Å². The van der Waals surface area contributed by atoms with Crippen molar-refractivity contribution in [3.63, 3.8) is 0 Å². The molecule has 1 amide bonds. The van der Waals surface area contributed by atoms with E-state index in [4.69, 9.17) is 5.73 Å². The fourth-order valence-corrected chi connectivity index (χ4v) is 2.79. The van der Waals surface area contributed by atoms with Crippen LogP contribution in [0.2, 0.25) is 0 Å². The van der Waals surface area contributed by atoms with Gasteiger partial charge in [-0.3, -0.25) is 4.79 Å². The summed E-state index contributed by atoms with van der Waals surface area (Å²) < 4.78 is 26.4. The molecule has 0 heterocycles. The number of anilines is 1. The number of amides is 1. The molecule has 0 spiro atoms. The number of rotatable bonds is 4. The predicted molar refractivity (Wildman–Crippen MR) is 69.3 cm³/mol. The average Bonchev–Trinajstić information content (AvgIpc) is 2.27. The van der Waals surface area contributed by atoms with Crippen molar-refractivity contribution in [3.05, 3.63) is 24.3 Å². The number of carbonyl (C=O) groups is 1. The van der Waals surface area contributed by atoms with Gasteiger partial charge in [-0.2, -0.15) is 4.72 Å². The minimum Gasteiger partial charge on any atom is -0.398 e. The third-order valence-corrected chi connectivity index (χ3v) is 3.97. The minimum absolute atomic E-state index is 0.0246. The van der Waals surface area contributed by atoms with Gasteiger partial charge in [0.2, 0.25) is 15.9 Å². The first kappa shape index (κ1) is 14.5. The SMILES string of the molecule is CC(NS(=O)(=O)c1ccccc1N)C(=O)N(C)C. The number of benzene rings is 1. The topological polar surface area (TPSA) is 92.5 Å². The van der Waals surface area contributed by atoms with E-state index >= 15 is 0 Å². The highest BCUT2D eigenvalue weighted by Crippen LogP contribution is 2.17. The standard InChI is InChI=1S/C11H17N3O3S/c1-8(11(15)14(2)3)13-18(16,17)10-7-5-4-6-9(10)12/h4-8,13H,12H2,1-3H3. The maximum absolute atomic E-state index is 12.0. The lowest BCUT2D eigenvalue weighted by Gasteiger charge is -2.18. The fraction of sp³-hybridized carbons (Fsp3) is 0.364. The van der Waals surface area contributed by atoms with Gasteiger partial charge in [-0.25, -0.2) is 8.42 Å². The van der Waals surface area contributed by atoms with Crippen molar-refractivity contribution in [1.29, 1.82) is 0 Å². The molecule has 1 aromatic carbocycles. The number of hydrogen-bond donors (Lipinski definition) is 2. The number of sulfonamides is 1. The van der Waals surface area contributed by atoms with Gasteiger partial charge in [0.15, 0.2) is 0 Å². The average molecular weight is 271 g/mol. The van der Waals surface area contributed by atoms with Gasteiger partial charge in [0.25, 0.3) is 0 Å². The van der Waals surface area contributed by atoms with Crippen LogP contribution in [-0.4, -0.2) is 39.4 Å². The number of para-hydroxylation sites is 1. The zero-order chi connectivity index (χ0) is 13.9. The summed E-state index contributed by atoms with van der Waals surface area (Å²) in [6.07, 6.45) is 0. The molecule has 1 aromatic rings. The van der Waals surface area contributed by atoms with E-state index in [0.29, 0.717) is 0 Å². The number of nitrogens with zero attached hydrogens (tertiary/aromatic N) is 1. The van der Waals surface area contributed by atoms with Crippen LogP contribution in [0.4, 0.5) is 5.69 Å². The summed E-state index contributed by atoms with van der Waals surface area (Å²) in [7, 11) is -0.672. The Morgan fingerprint density at radius 2 is 1.89 bits per heavy atom. The molecule has 7 heteroatoms.